The Morgan fingerprint density at radius 2 is 1.00 bits per heavy atom. The molecule has 0 radical (unpaired) electrons. The molecule has 0 saturated heterocycles. The van der Waals surface area contributed by atoms with Gasteiger partial charge in [0, 0.05) is 6.42 Å². The Hall–Kier alpha value is -3.00. The van der Waals surface area contributed by atoms with Crippen LogP contribution in [0.15, 0.2) is 91.0 Å². The molecule has 0 fully saturated rings. The van der Waals surface area contributed by atoms with Crippen molar-refractivity contribution in [3.8, 4) is 0 Å². The van der Waals surface area contributed by atoms with Gasteiger partial charge in [0.2, 0.25) is 0 Å². The Morgan fingerprint density at radius 3 is 1.29 bits per heavy atom. The Morgan fingerprint density at radius 1 is 0.667 bits per heavy atom. The lowest BCUT2D eigenvalue weighted by Gasteiger charge is -2.35. The van der Waals surface area contributed by atoms with Crippen molar-refractivity contribution in [1.82, 2.24) is 0 Å². The van der Waals surface area contributed by atoms with Crippen molar-refractivity contribution in [2.45, 2.75) is 11.8 Å². The van der Waals surface area contributed by atoms with E-state index in [0.29, 0.717) is 6.29 Å². The van der Waals surface area contributed by atoms with Crippen LogP contribution in [0.3, 0.4) is 0 Å². The summed E-state index contributed by atoms with van der Waals surface area (Å²) in [5.74, 6) is -0.411. The van der Waals surface area contributed by atoms with Crippen LogP contribution in [0.1, 0.15) is 23.1 Å². The molecule has 0 aliphatic carbocycles. The van der Waals surface area contributed by atoms with Gasteiger partial charge in [0.25, 0.3) is 0 Å². The van der Waals surface area contributed by atoms with Crippen LogP contribution >= 0.6 is 0 Å². The van der Waals surface area contributed by atoms with Crippen molar-refractivity contribution in [1.29, 1.82) is 0 Å². The number of hydrogen-bond acceptors (Lipinski definition) is 2. The predicted octanol–water partition coefficient (Wildman–Crippen LogP) is 4.18. The third-order valence-electron chi connectivity index (χ3n) is 4.37. The van der Waals surface area contributed by atoms with Crippen molar-refractivity contribution in [3.63, 3.8) is 0 Å². The topological polar surface area (TPSA) is 34.1 Å². The molecule has 3 rings (SSSR count). The SMILES string of the molecule is O=CC(=O)CC(c1ccccc1)(c1ccccc1)c1ccccc1. The largest absolute Gasteiger partial charge is 0.295 e. The van der Waals surface area contributed by atoms with Crippen LogP contribution < -0.4 is 0 Å². The summed E-state index contributed by atoms with van der Waals surface area (Å²) in [6.07, 6.45) is 0.526. The van der Waals surface area contributed by atoms with Crippen LogP contribution in [-0.4, -0.2) is 12.1 Å². The second-order valence-corrected chi connectivity index (χ2v) is 5.76. The number of Topliss-reactive ketones (excluding diaryl/α,β-unsaturated/α-hetero) is 1. The smallest absolute Gasteiger partial charge is 0.196 e. The normalized spacial score (nSPS) is 11.0. The van der Waals surface area contributed by atoms with Gasteiger partial charge in [-0.05, 0) is 16.7 Å². The minimum atomic E-state index is -0.679. The Kier molecular flexibility index (Phi) is 4.66. The molecule has 0 atom stereocenters. The summed E-state index contributed by atoms with van der Waals surface area (Å²) in [6.45, 7) is 0. The van der Waals surface area contributed by atoms with Crippen molar-refractivity contribution in [3.05, 3.63) is 108 Å². The van der Waals surface area contributed by atoms with Crippen LogP contribution in [-0.2, 0) is 15.0 Å². The van der Waals surface area contributed by atoms with E-state index in [2.05, 4.69) is 0 Å². The summed E-state index contributed by atoms with van der Waals surface area (Å²) in [5, 5.41) is 0. The van der Waals surface area contributed by atoms with E-state index in [0.717, 1.165) is 16.7 Å². The monoisotopic (exact) mass is 314 g/mol. The quantitative estimate of drug-likeness (QED) is 0.388. The Balaban J connectivity index is 2.32. The van der Waals surface area contributed by atoms with E-state index in [1.54, 1.807) is 0 Å². The lowest BCUT2D eigenvalue weighted by molar-refractivity contribution is -0.130. The predicted molar refractivity (Wildman–Crippen MR) is 94.9 cm³/mol. The molecule has 2 nitrogen and oxygen atoms in total. The van der Waals surface area contributed by atoms with E-state index in [9.17, 15) is 9.59 Å². The van der Waals surface area contributed by atoms with Crippen molar-refractivity contribution < 1.29 is 9.59 Å². The van der Waals surface area contributed by atoms with Gasteiger partial charge in [0.1, 0.15) is 0 Å². The molecule has 0 aromatic heterocycles. The highest BCUT2D eigenvalue weighted by atomic mass is 16.2. The second-order valence-electron chi connectivity index (χ2n) is 5.76. The molecule has 0 unspecified atom stereocenters. The summed E-state index contributed by atoms with van der Waals surface area (Å²) in [7, 11) is 0. The third kappa shape index (κ3) is 2.91. The van der Waals surface area contributed by atoms with Gasteiger partial charge in [0.15, 0.2) is 12.1 Å². The molecular weight excluding hydrogens is 296 g/mol. The van der Waals surface area contributed by atoms with Gasteiger partial charge in [-0.15, -0.1) is 0 Å². The number of hydrogen-bond donors (Lipinski definition) is 0. The van der Waals surface area contributed by atoms with Gasteiger partial charge in [-0.25, -0.2) is 0 Å². The van der Waals surface area contributed by atoms with Crippen molar-refractivity contribution in [2.75, 3.05) is 0 Å². The van der Waals surface area contributed by atoms with Gasteiger partial charge in [-0.1, -0.05) is 91.0 Å². The summed E-state index contributed by atoms with van der Waals surface area (Å²) in [5.41, 5.74) is 2.31. The maximum absolute atomic E-state index is 12.2. The molecule has 3 aromatic rings. The average molecular weight is 314 g/mol. The maximum Gasteiger partial charge on any atom is 0.196 e. The van der Waals surface area contributed by atoms with Crippen LogP contribution in [0.2, 0.25) is 0 Å². The van der Waals surface area contributed by atoms with Crippen LogP contribution in [0.25, 0.3) is 0 Å². The first-order valence-electron chi connectivity index (χ1n) is 7.92. The van der Waals surface area contributed by atoms with E-state index in [-0.39, 0.29) is 6.42 Å². The molecule has 118 valence electrons. The van der Waals surface area contributed by atoms with E-state index >= 15 is 0 Å². The van der Waals surface area contributed by atoms with Crippen LogP contribution in [0.4, 0.5) is 0 Å². The number of benzene rings is 3. The molecule has 0 bridgehead atoms. The first kappa shape index (κ1) is 15.9. The van der Waals surface area contributed by atoms with Crippen LogP contribution in [0, 0.1) is 0 Å². The summed E-state index contributed by atoms with van der Waals surface area (Å²) in [4.78, 5) is 23.3. The number of carbonyl (C=O) groups is 2. The fourth-order valence-corrected chi connectivity index (χ4v) is 3.28. The van der Waals surface area contributed by atoms with Gasteiger partial charge >= 0.3 is 0 Å². The highest BCUT2D eigenvalue weighted by Gasteiger charge is 2.38. The molecule has 2 heteroatoms. The fourth-order valence-electron chi connectivity index (χ4n) is 3.28. The minimum Gasteiger partial charge on any atom is -0.295 e. The lowest BCUT2D eigenvalue weighted by atomic mass is 9.66. The van der Waals surface area contributed by atoms with E-state index in [1.807, 2.05) is 91.0 Å². The standard InChI is InChI=1S/C22H18O2/c23-17-21(24)16-22(18-10-4-1-5-11-18,19-12-6-2-7-13-19)20-14-8-3-9-15-20/h1-15,17H,16H2. The van der Waals surface area contributed by atoms with E-state index < -0.39 is 11.2 Å². The van der Waals surface area contributed by atoms with Crippen molar-refractivity contribution >= 4 is 12.1 Å². The third-order valence-corrected chi connectivity index (χ3v) is 4.37. The van der Waals surface area contributed by atoms with Gasteiger partial charge < -0.3 is 0 Å². The fraction of sp³-hybridized carbons (Fsp3) is 0.0909. The molecule has 3 aromatic carbocycles. The van der Waals surface area contributed by atoms with Crippen LogP contribution in [0.5, 0.6) is 0 Å². The Bertz CT molecular complexity index is 712. The molecule has 0 N–H and O–H groups in total. The molecule has 0 spiro atoms. The zero-order valence-electron chi connectivity index (χ0n) is 13.3. The molecule has 24 heavy (non-hydrogen) atoms. The maximum atomic E-state index is 12.2. The van der Waals surface area contributed by atoms with Gasteiger partial charge in [-0.2, -0.15) is 0 Å². The summed E-state index contributed by atoms with van der Waals surface area (Å²) < 4.78 is 0. The lowest BCUT2D eigenvalue weighted by Crippen LogP contribution is -2.32. The Labute approximate surface area is 141 Å². The number of carbonyl (C=O) groups excluding carboxylic acids is 2. The van der Waals surface area contributed by atoms with Crippen molar-refractivity contribution in [2.24, 2.45) is 0 Å². The van der Waals surface area contributed by atoms with Gasteiger partial charge in [-0.3, -0.25) is 9.59 Å². The molecule has 0 aliphatic rings. The first-order chi connectivity index (χ1) is 11.8. The zero-order chi connectivity index (χ0) is 16.8. The molecule has 0 saturated carbocycles. The number of ketones is 1. The van der Waals surface area contributed by atoms with E-state index in [4.69, 9.17) is 0 Å². The second kappa shape index (κ2) is 7.05. The molecular formula is C22H18O2. The summed E-state index contributed by atoms with van der Waals surface area (Å²) in [6, 6.07) is 29.7. The van der Waals surface area contributed by atoms with Gasteiger partial charge in [0.05, 0.1) is 5.41 Å². The number of rotatable bonds is 6. The molecule has 0 aliphatic heterocycles. The average Bonchev–Trinajstić information content (AvgIpc) is 2.68. The van der Waals surface area contributed by atoms with E-state index in [1.165, 1.54) is 0 Å². The number of aldehydes is 1. The molecule has 0 heterocycles. The minimum absolute atomic E-state index is 0.106. The molecule has 0 amide bonds. The highest BCUT2D eigenvalue weighted by molar-refractivity contribution is 6.25. The first-order valence-corrected chi connectivity index (χ1v) is 7.92. The highest BCUT2D eigenvalue weighted by Crippen LogP contribution is 2.42. The summed E-state index contributed by atoms with van der Waals surface area (Å²) >= 11 is 0. The zero-order valence-corrected chi connectivity index (χ0v) is 13.3.